The van der Waals surface area contributed by atoms with Crippen molar-refractivity contribution in [2.45, 2.75) is 27.2 Å². The first kappa shape index (κ1) is 12.6. The highest BCUT2D eigenvalue weighted by Crippen LogP contribution is 2.51. The quantitative estimate of drug-likeness (QED) is 0.489. The van der Waals surface area contributed by atoms with E-state index >= 15 is 0 Å². The molecule has 0 bridgehead atoms. The molecular formula is C14H18N2O2. The molecule has 2 N–H and O–H groups in total. The van der Waals surface area contributed by atoms with Crippen molar-refractivity contribution in [2.75, 3.05) is 5.32 Å². The molecule has 4 heteroatoms. The molecule has 0 aliphatic heterocycles. The molecule has 1 fully saturated rings. The van der Waals surface area contributed by atoms with Gasteiger partial charge < -0.3 is 10.5 Å². The fraction of sp³-hybridized carbons (Fsp3) is 0.429. The van der Waals surface area contributed by atoms with E-state index in [1.165, 1.54) is 0 Å². The zero-order chi connectivity index (χ0) is 13.3. The van der Waals surface area contributed by atoms with Crippen LogP contribution in [0.15, 0.2) is 29.4 Å². The highest BCUT2D eigenvalue weighted by molar-refractivity contribution is 6.00. The minimum absolute atomic E-state index is 0.0655. The molecule has 1 amide bonds. The summed E-state index contributed by atoms with van der Waals surface area (Å²) in [5.41, 5.74) is 2.19. The topological polar surface area (TPSA) is 61.7 Å². The molecule has 1 saturated carbocycles. The standard InChI is InChI=1S/C14H18N2O2/c1-9(16-18)10-5-4-6-11(7-10)15-13(17)12-8-14(12,2)3/h4-7,12,18H,8H2,1-3H3,(H,15,17)/b16-9-. The van der Waals surface area contributed by atoms with E-state index in [2.05, 4.69) is 24.3 Å². The molecule has 1 aromatic carbocycles. The molecule has 0 aromatic heterocycles. The number of anilines is 1. The molecule has 0 spiro atoms. The smallest absolute Gasteiger partial charge is 0.228 e. The second-order valence-corrected chi connectivity index (χ2v) is 5.50. The van der Waals surface area contributed by atoms with Crippen molar-refractivity contribution in [3.05, 3.63) is 29.8 Å². The summed E-state index contributed by atoms with van der Waals surface area (Å²) in [5.74, 6) is 0.171. The summed E-state index contributed by atoms with van der Waals surface area (Å²) in [5, 5.41) is 14.8. The lowest BCUT2D eigenvalue weighted by Crippen LogP contribution is -2.16. The van der Waals surface area contributed by atoms with Gasteiger partial charge in [0.1, 0.15) is 0 Å². The Morgan fingerprint density at radius 1 is 1.50 bits per heavy atom. The van der Waals surface area contributed by atoms with Crippen molar-refractivity contribution in [3.8, 4) is 0 Å². The Labute approximate surface area is 107 Å². The van der Waals surface area contributed by atoms with Crippen LogP contribution in [0.5, 0.6) is 0 Å². The monoisotopic (exact) mass is 246 g/mol. The molecule has 1 aliphatic rings. The van der Waals surface area contributed by atoms with Crippen molar-refractivity contribution in [3.63, 3.8) is 0 Å². The van der Waals surface area contributed by atoms with Gasteiger partial charge in [-0.2, -0.15) is 0 Å². The maximum atomic E-state index is 12.0. The van der Waals surface area contributed by atoms with Gasteiger partial charge in [-0.25, -0.2) is 0 Å². The van der Waals surface area contributed by atoms with Gasteiger partial charge in [0.05, 0.1) is 5.71 Å². The molecule has 1 unspecified atom stereocenters. The van der Waals surface area contributed by atoms with Gasteiger partial charge in [-0.1, -0.05) is 31.1 Å². The minimum Gasteiger partial charge on any atom is -0.411 e. The third kappa shape index (κ3) is 2.53. The molecular weight excluding hydrogens is 228 g/mol. The molecule has 0 radical (unpaired) electrons. The minimum atomic E-state index is 0.0655. The second-order valence-electron chi connectivity index (χ2n) is 5.50. The van der Waals surface area contributed by atoms with Crippen LogP contribution in [0, 0.1) is 11.3 Å². The summed E-state index contributed by atoms with van der Waals surface area (Å²) in [6.45, 7) is 5.90. The number of hydrogen-bond donors (Lipinski definition) is 2. The SMILES string of the molecule is C/C(=N/O)c1cccc(NC(=O)C2CC2(C)C)c1. The highest BCUT2D eigenvalue weighted by atomic mass is 16.4. The van der Waals surface area contributed by atoms with Crippen LogP contribution < -0.4 is 5.32 Å². The Balaban J connectivity index is 2.08. The van der Waals surface area contributed by atoms with Gasteiger partial charge in [-0.15, -0.1) is 0 Å². The van der Waals surface area contributed by atoms with Crippen LogP contribution in [-0.2, 0) is 4.79 Å². The third-order valence-corrected chi connectivity index (χ3v) is 3.53. The van der Waals surface area contributed by atoms with Gasteiger partial charge in [0.25, 0.3) is 0 Å². The van der Waals surface area contributed by atoms with Gasteiger partial charge in [-0.05, 0) is 30.9 Å². The summed E-state index contributed by atoms with van der Waals surface area (Å²) in [7, 11) is 0. The number of carbonyl (C=O) groups excluding carboxylic acids is 1. The number of rotatable bonds is 3. The van der Waals surface area contributed by atoms with Crippen LogP contribution in [-0.4, -0.2) is 16.8 Å². The summed E-state index contributed by atoms with van der Waals surface area (Å²) >= 11 is 0. The average molecular weight is 246 g/mol. The van der Waals surface area contributed by atoms with Crippen LogP contribution in [0.1, 0.15) is 32.8 Å². The Bertz CT molecular complexity index is 506. The average Bonchev–Trinajstić information content (AvgIpc) is 2.98. The predicted octanol–water partition coefficient (Wildman–Crippen LogP) is 2.87. The Morgan fingerprint density at radius 2 is 2.17 bits per heavy atom. The van der Waals surface area contributed by atoms with E-state index < -0.39 is 0 Å². The van der Waals surface area contributed by atoms with Gasteiger partial charge in [0.2, 0.25) is 5.91 Å². The van der Waals surface area contributed by atoms with Crippen molar-refractivity contribution >= 4 is 17.3 Å². The normalized spacial score (nSPS) is 21.5. The lowest BCUT2D eigenvalue weighted by molar-refractivity contribution is -0.117. The van der Waals surface area contributed by atoms with Gasteiger partial charge in [-0.3, -0.25) is 4.79 Å². The third-order valence-electron chi connectivity index (χ3n) is 3.53. The van der Waals surface area contributed by atoms with Gasteiger partial charge >= 0.3 is 0 Å². The number of nitrogens with zero attached hydrogens (tertiary/aromatic N) is 1. The summed E-state index contributed by atoms with van der Waals surface area (Å²) in [6, 6.07) is 7.31. The number of oxime groups is 1. The number of benzene rings is 1. The maximum Gasteiger partial charge on any atom is 0.228 e. The van der Waals surface area contributed by atoms with Crippen molar-refractivity contribution in [1.82, 2.24) is 0 Å². The number of carbonyl (C=O) groups is 1. The second kappa shape index (κ2) is 4.44. The molecule has 0 heterocycles. The molecule has 2 rings (SSSR count). The lowest BCUT2D eigenvalue weighted by Gasteiger charge is -2.08. The van der Waals surface area contributed by atoms with Crippen molar-refractivity contribution in [1.29, 1.82) is 0 Å². The summed E-state index contributed by atoms with van der Waals surface area (Å²) in [4.78, 5) is 12.0. The van der Waals surface area contributed by atoms with E-state index in [0.717, 1.165) is 17.7 Å². The number of nitrogens with one attached hydrogen (secondary N) is 1. The fourth-order valence-corrected chi connectivity index (χ4v) is 2.02. The van der Waals surface area contributed by atoms with Crippen LogP contribution >= 0.6 is 0 Å². The van der Waals surface area contributed by atoms with E-state index in [0.29, 0.717) is 5.71 Å². The Kier molecular flexibility index (Phi) is 3.11. The first-order chi connectivity index (χ1) is 8.44. The summed E-state index contributed by atoms with van der Waals surface area (Å²) in [6.07, 6.45) is 0.940. The van der Waals surface area contributed by atoms with Crippen molar-refractivity contribution in [2.24, 2.45) is 16.5 Å². The molecule has 4 nitrogen and oxygen atoms in total. The molecule has 96 valence electrons. The van der Waals surface area contributed by atoms with E-state index in [1.807, 2.05) is 24.3 Å². The molecule has 1 aliphatic carbocycles. The van der Waals surface area contributed by atoms with Crippen molar-refractivity contribution < 1.29 is 10.0 Å². The molecule has 1 aromatic rings. The van der Waals surface area contributed by atoms with Crippen LogP contribution in [0.25, 0.3) is 0 Å². The lowest BCUT2D eigenvalue weighted by atomic mass is 10.1. The number of hydrogen-bond acceptors (Lipinski definition) is 3. The summed E-state index contributed by atoms with van der Waals surface area (Å²) < 4.78 is 0. The zero-order valence-electron chi connectivity index (χ0n) is 10.9. The van der Waals surface area contributed by atoms with Crippen LogP contribution in [0.2, 0.25) is 0 Å². The van der Waals surface area contributed by atoms with E-state index in [-0.39, 0.29) is 17.2 Å². The molecule has 1 atom stereocenters. The largest absolute Gasteiger partial charge is 0.411 e. The first-order valence-corrected chi connectivity index (χ1v) is 6.04. The van der Waals surface area contributed by atoms with E-state index in [1.54, 1.807) is 6.92 Å². The predicted molar refractivity (Wildman–Crippen MR) is 71.0 cm³/mol. The number of amides is 1. The molecule has 18 heavy (non-hydrogen) atoms. The van der Waals surface area contributed by atoms with E-state index in [9.17, 15) is 4.79 Å². The Morgan fingerprint density at radius 3 is 2.72 bits per heavy atom. The highest BCUT2D eigenvalue weighted by Gasteiger charge is 2.50. The zero-order valence-corrected chi connectivity index (χ0v) is 10.9. The maximum absolute atomic E-state index is 12.0. The van der Waals surface area contributed by atoms with Gasteiger partial charge in [0.15, 0.2) is 0 Å². The Hall–Kier alpha value is -1.84. The van der Waals surface area contributed by atoms with Gasteiger partial charge in [0, 0.05) is 17.2 Å². The molecule has 0 saturated heterocycles. The van der Waals surface area contributed by atoms with E-state index in [4.69, 9.17) is 5.21 Å². The van der Waals surface area contributed by atoms with Crippen LogP contribution in [0.4, 0.5) is 5.69 Å². The first-order valence-electron chi connectivity index (χ1n) is 6.04. The van der Waals surface area contributed by atoms with Crippen LogP contribution in [0.3, 0.4) is 0 Å². The fourth-order valence-electron chi connectivity index (χ4n) is 2.02.